The quantitative estimate of drug-likeness (QED) is 0.613. The molecule has 1 aromatic heterocycles. The number of benzene rings is 1. The average molecular weight is 391 g/mol. The van der Waals surface area contributed by atoms with Gasteiger partial charge in [-0.1, -0.05) is 42.8 Å². The number of aromatic nitrogens is 3. The Balaban J connectivity index is 1.76. The Morgan fingerprint density at radius 3 is 2.48 bits per heavy atom. The molecule has 4 nitrogen and oxygen atoms in total. The number of para-hydroxylation sites is 1. The van der Waals surface area contributed by atoms with Gasteiger partial charge in [-0.3, -0.25) is 4.90 Å². The molecule has 2 heterocycles. The van der Waals surface area contributed by atoms with Gasteiger partial charge in [0.1, 0.15) is 6.33 Å². The van der Waals surface area contributed by atoms with Gasteiger partial charge >= 0.3 is 0 Å². The van der Waals surface area contributed by atoms with Crippen molar-refractivity contribution >= 4 is 0 Å². The molecule has 0 radical (unpaired) electrons. The smallest absolute Gasteiger partial charge is 0.153 e. The first-order valence-corrected chi connectivity index (χ1v) is 11.1. The minimum Gasteiger partial charge on any atom is -0.290 e. The van der Waals surface area contributed by atoms with Crippen molar-refractivity contribution in [2.45, 2.75) is 65.3 Å². The molecule has 0 N–H and O–H groups in total. The normalized spacial score (nSPS) is 21.6. The molecular weight excluding hydrogens is 356 g/mol. The first-order chi connectivity index (χ1) is 14.1. The zero-order valence-corrected chi connectivity index (χ0v) is 18.2. The highest BCUT2D eigenvalue weighted by Gasteiger charge is 2.32. The van der Waals surface area contributed by atoms with Gasteiger partial charge in [0.2, 0.25) is 0 Å². The van der Waals surface area contributed by atoms with Crippen LogP contribution in [-0.4, -0.2) is 32.8 Å². The van der Waals surface area contributed by atoms with E-state index in [2.05, 4.69) is 61.2 Å². The summed E-state index contributed by atoms with van der Waals surface area (Å²) in [5.74, 6) is 1.70. The highest BCUT2D eigenvalue weighted by atomic mass is 15.4. The second kappa shape index (κ2) is 8.66. The summed E-state index contributed by atoms with van der Waals surface area (Å²) in [7, 11) is 0. The zero-order chi connectivity index (χ0) is 20.4. The van der Waals surface area contributed by atoms with Crippen LogP contribution in [0.5, 0.6) is 0 Å². The molecule has 1 fully saturated rings. The molecule has 4 rings (SSSR count). The Hall–Kier alpha value is -2.20. The molecule has 1 unspecified atom stereocenters. The van der Waals surface area contributed by atoms with E-state index < -0.39 is 0 Å². The summed E-state index contributed by atoms with van der Waals surface area (Å²) >= 11 is 0. The Labute approximate surface area is 175 Å². The second-order valence-corrected chi connectivity index (χ2v) is 8.87. The topological polar surface area (TPSA) is 34.0 Å². The summed E-state index contributed by atoms with van der Waals surface area (Å²) in [4.78, 5) is 7.47. The van der Waals surface area contributed by atoms with Crippen molar-refractivity contribution in [1.29, 1.82) is 0 Å². The predicted molar refractivity (Wildman–Crippen MR) is 119 cm³/mol. The summed E-state index contributed by atoms with van der Waals surface area (Å²) in [5.41, 5.74) is 6.50. The SMILES string of the molecule is C=C(C)[C@@H]1CC=C(C(c2ncnn2-c2c(C)cccc2C)N2CCCCC2)CC1. The maximum absolute atomic E-state index is 4.83. The summed E-state index contributed by atoms with van der Waals surface area (Å²) in [5, 5.41) is 4.70. The third-order valence-corrected chi connectivity index (χ3v) is 6.72. The van der Waals surface area contributed by atoms with Crippen molar-refractivity contribution in [3.63, 3.8) is 0 Å². The lowest BCUT2D eigenvalue weighted by Gasteiger charge is -2.37. The van der Waals surface area contributed by atoms with Crippen LogP contribution in [0.2, 0.25) is 0 Å². The zero-order valence-electron chi connectivity index (χ0n) is 18.2. The Morgan fingerprint density at radius 2 is 1.86 bits per heavy atom. The number of allylic oxidation sites excluding steroid dienone is 2. The van der Waals surface area contributed by atoms with Crippen molar-refractivity contribution in [1.82, 2.24) is 19.7 Å². The third kappa shape index (κ3) is 4.09. The fraction of sp³-hybridized carbons (Fsp3) is 0.520. The molecule has 1 aliphatic heterocycles. The van der Waals surface area contributed by atoms with Crippen LogP contribution in [0, 0.1) is 19.8 Å². The number of nitrogens with zero attached hydrogens (tertiary/aromatic N) is 4. The van der Waals surface area contributed by atoms with Gasteiger partial charge in [-0.2, -0.15) is 5.10 Å². The first kappa shape index (κ1) is 20.1. The number of piperidine rings is 1. The molecule has 0 saturated carbocycles. The fourth-order valence-corrected chi connectivity index (χ4v) is 5.04. The second-order valence-electron chi connectivity index (χ2n) is 8.87. The van der Waals surface area contributed by atoms with E-state index in [1.165, 1.54) is 53.6 Å². The fourth-order valence-electron chi connectivity index (χ4n) is 5.04. The summed E-state index contributed by atoms with van der Waals surface area (Å²) in [6.45, 7) is 13.0. The lowest BCUT2D eigenvalue weighted by molar-refractivity contribution is 0.172. The molecular formula is C25H34N4. The van der Waals surface area contributed by atoms with Gasteiger partial charge in [-0.05, 0) is 88.6 Å². The van der Waals surface area contributed by atoms with E-state index in [9.17, 15) is 0 Å². The van der Waals surface area contributed by atoms with Crippen LogP contribution < -0.4 is 0 Å². The summed E-state index contributed by atoms with van der Waals surface area (Å²) in [6, 6.07) is 6.68. The van der Waals surface area contributed by atoms with Crippen LogP contribution in [-0.2, 0) is 0 Å². The molecule has 2 aliphatic rings. The van der Waals surface area contributed by atoms with Crippen molar-refractivity contribution in [2.24, 2.45) is 5.92 Å². The van der Waals surface area contributed by atoms with Crippen LogP contribution in [0.4, 0.5) is 0 Å². The molecule has 4 heteroatoms. The van der Waals surface area contributed by atoms with Gasteiger partial charge in [0.05, 0.1) is 11.7 Å². The maximum atomic E-state index is 4.83. The number of likely N-dealkylation sites (tertiary alicyclic amines) is 1. The van der Waals surface area contributed by atoms with Crippen LogP contribution in [0.15, 0.2) is 48.3 Å². The number of rotatable bonds is 5. The van der Waals surface area contributed by atoms with E-state index in [1.54, 1.807) is 6.33 Å². The summed E-state index contributed by atoms with van der Waals surface area (Å²) < 4.78 is 2.11. The standard InChI is InChI=1S/C25H34N4/c1-18(2)21-11-13-22(14-12-21)24(28-15-6-5-7-16-28)25-26-17-27-29(25)23-19(3)9-8-10-20(23)4/h8-10,13,17,21,24H,1,5-7,11-12,14-16H2,2-4H3/t21-,24?/m1/s1. The van der Waals surface area contributed by atoms with Gasteiger partial charge in [-0.25, -0.2) is 9.67 Å². The van der Waals surface area contributed by atoms with Crippen molar-refractivity contribution in [3.05, 3.63) is 65.3 Å². The van der Waals surface area contributed by atoms with E-state index in [1.807, 2.05) is 0 Å². The molecule has 1 aromatic carbocycles. The van der Waals surface area contributed by atoms with Crippen molar-refractivity contribution in [2.75, 3.05) is 13.1 Å². The minimum atomic E-state index is 0.225. The highest BCUT2D eigenvalue weighted by molar-refractivity contribution is 5.47. The monoisotopic (exact) mass is 390 g/mol. The largest absolute Gasteiger partial charge is 0.290 e. The van der Waals surface area contributed by atoms with Crippen molar-refractivity contribution < 1.29 is 0 Å². The van der Waals surface area contributed by atoms with Gasteiger partial charge in [0.25, 0.3) is 0 Å². The van der Waals surface area contributed by atoms with Crippen LogP contribution in [0.3, 0.4) is 0 Å². The molecule has 1 aliphatic carbocycles. The number of hydrogen-bond donors (Lipinski definition) is 0. The van der Waals surface area contributed by atoms with Crippen LogP contribution in [0.1, 0.15) is 68.4 Å². The Kier molecular flexibility index (Phi) is 6.00. The lowest BCUT2D eigenvalue weighted by atomic mass is 9.82. The third-order valence-electron chi connectivity index (χ3n) is 6.72. The van der Waals surface area contributed by atoms with Gasteiger partial charge < -0.3 is 0 Å². The van der Waals surface area contributed by atoms with Gasteiger partial charge in [-0.15, -0.1) is 0 Å². The van der Waals surface area contributed by atoms with E-state index in [4.69, 9.17) is 10.1 Å². The van der Waals surface area contributed by atoms with E-state index in [-0.39, 0.29) is 6.04 Å². The van der Waals surface area contributed by atoms with Gasteiger partial charge in [0.15, 0.2) is 5.82 Å². The van der Waals surface area contributed by atoms with E-state index in [0.717, 1.165) is 31.8 Å². The highest BCUT2D eigenvalue weighted by Crippen LogP contribution is 2.39. The molecule has 2 atom stereocenters. The van der Waals surface area contributed by atoms with Crippen LogP contribution in [0.25, 0.3) is 5.69 Å². The number of aryl methyl sites for hydroxylation is 2. The predicted octanol–water partition coefficient (Wildman–Crippen LogP) is 5.71. The molecule has 0 bridgehead atoms. The molecule has 2 aromatic rings. The molecule has 29 heavy (non-hydrogen) atoms. The maximum Gasteiger partial charge on any atom is 0.153 e. The van der Waals surface area contributed by atoms with Crippen LogP contribution >= 0.6 is 0 Å². The van der Waals surface area contributed by atoms with E-state index in [0.29, 0.717) is 5.92 Å². The molecule has 0 amide bonds. The lowest BCUT2D eigenvalue weighted by Crippen LogP contribution is -2.37. The molecule has 154 valence electrons. The Morgan fingerprint density at radius 1 is 1.14 bits per heavy atom. The minimum absolute atomic E-state index is 0.225. The number of hydrogen-bond acceptors (Lipinski definition) is 3. The van der Waals surface area contributed by atoms with Crippen molar-refractivity contribution in [3.8, 4) is 5.69 Å². The Bertz CT molecular complexity index is 881. The summed E-state index contributed by atoms with van der Waals surface area (Å²) in [6.07, 6.45) is 11.5. The average Bonchev–Trinajstić information content (AvgIpc) is 3.18. The molecule has 1 saturated heterocycles. The van der Waals surface area contributed by atoms with E-state index >= 15 is 0 Å². The first-order valence-electron chi connectivity index (χ1n) is 11.1. The van der Waals surface area contributed by atoms with Gasteiger partial charge in [0, 0.05) is 0 Å². The molecule has 0 spiro atoms.